The zero-order chi connectivity index (χ0) is 21.7. The number of phosphoric ester groups is 1. The highest BCUT2D eigenvalue weighted by molar-refractivity contribution is 7.48. The average Bonchev–Trinajstić information content (AvgIpc) is 3.04. The Morgan fingerprint density at radius 2 is 1.66 bits per heavy atom. The van der Waals surface area contributed by atoms with Gasteiger partial charge >= 0.3 is 13.9 Å². The molecule has 164 valence electrons. The van der Waals surface area contributed by atoms with Gasteiger partial charge in [-0.3, -0.25) is 13.6 Å². The number of hydrogen-bond donors (Lipinski definition) is 0. The summed E-state index contributed by atoms with van der Waals surface area (Å²) in [6.45, 7) is 11.6. The van der Waals surface area contributed by atoms with Crippen LogP contribution < -0.4 is 0 Å². The van der Waals surface area contributed by atoms with Crippen LogP contribution in [0, 0.1) is 0 Å². The molecule has 0 radical (unpaired) electrons. The molecule has 1 aliphatic rings. The third kappa shape index (κ3) is 8.47. The number of likely N-dealkylation sites (tertiary alicyclic amines) is 1. The van der Waals surface area contributed by atoms with Gasteiger partial charge in [-0.15, -0.1) is 0 Å². The minimum absolute atomic E-state index is 0.0594. The molecule has 0 spiro atoms. The van der Waals surface area contributed by atoms with E-state index >= 15 is 0 Å². The molecule has 0 aliphatic carbocycles. The maximum atomic E-state index is 13.2. The fraction of sp³-hybridized carbons (Fsp3) is 0.667. The van der Waals surface area contributed by atoms with Crippen molar-refractivity contribution < 1.29 is 27.7 Å². The first-order chi connectivity index (χ1) is 13.4. The van der Waals surface area contributed by atoms with E-state index < -0.39 is 25.1 Å². The molecule has 0 N–H and O–H groups in total. The van der Waals surface area contributed by atoms with Gasteiger partial charge in [0.25, 0.3) is 0 Å². The lowest BCUT2D eigenvalue weighted by Gasteiger charge is -2.32. The number of carbonyl (C=O) groups is 1. The number of phosphoric acid groups is 1. The van der Waals surface area contributed by atoms with Crippen LogP contribution in [0.4, 0.5) is 4.79 Å². The lowest BCUT2D eigenvalue weighted by molar-refractivity contribution is -0.00369. The lowest BCUT2D eigenvalue weighted by Crippen LogP contribution is -2.38. The molecule has 1 saturated heterocycles. The minimum atomic E-state index is -3.81. The molecule has 0 saturated carbocycles. The Balaban J connectivity index is 1.97. The van der Waals surface area contributed by atoms with Gasteiger partial charge in [0.05, 0.1) is 23.9 Å². The molecule has 1 heterocycles. The van der Waals surface area contributed by atoms with Crippen LogP contribution in [0.3, 0.4) is 0 Å². The second-order valence-electron chi connectivity index (χ2n) is 9.18. The quantitative estimate of drug-likeness (QED) is 0.532. The van der Waals surface area contributed by atoms with Gasteiger partial charge in [-0.1, -0.05) is 30.3 Å². The molecule has 1 aromatic rings. The third-order valence-corrected chi connectivity index (χ3v) is 6.02. The number of benzene rings is 1. The van der Waals surface area contributed by atoms with E-state index in [1.54, 1.807) is 46.4 Å². The van der Waals surface area contributed by atoms with Crippen molar-refractivity contribution in [2.24, 2.45) is 0 Å². The van der Waals surface area contributed by atoms with Crippen molar-refractivity contribution in [2.75, 3.05) is 13.2 Å². The van der Waals surface area contributed by atoms with Gasteiger partial charge in [0, 0.05) is 6.54 Å². The van der Waals surface area contributed by atoms with Crippen LogP contribution in [-0.4, -0.2) is 41.4 Å². The zero-order valence-corrected chi connectivity index (χ0v) is 19.2. The first-order valence-electron chi connectivity index (χ1n) is 10.0. The average molecular weight is 427 g/mol. The van der Waals surface area contributed by atoms with Gasteiger partial charge in [0.1, 0.15) is 6.61 Å². The minimum Gasteiger partial charge on any atom is -0.445 e. The number of hydrogen-bond acceptors (Lipinski definition) is 6. The molecular formula is C21H34NO6P. The highest BCUT2D eigenvalue weighted by Gasteiger charge is 2.39. The maximum absolute atomic E-state index is 13.2. The van der Waals surface area contributed by atoms with Crippen LogP contribution >= 0.6 is 7.82 Å². The fourth-order valence-corrected chi connectivity index (χ4v) is 4.81. The van der Waals surface area contributed by atoms with E-state index in [0.717, 1.165) is 18.4 Å². The predicted molar refractivity (Wildman–Crippen MR) is 112 cm³/mol. The molecule has 1 amide bonds. The molecule has 0 bridgehead atoms. The van der Waals surface area contributed by atoms with Crippen molar-refractivity contribution in [1.29, 1.82) is 0 Å². The van der Waals surface area contributed by atoms with Crippen molar-refractivity contribution in [3.8, 4) is 0 Å². The summed E-state index contributed by atoms with van der Waals surface area (Å²) in [5, 5.41) is 0. The monoisotopic (exact) mass is 427 g/mol. The third-order valence-electron chi connectivity index (χ3n) is 4.01. The van der Waals surface area contributed by atoms with Crippen LogP contribution in [0.1, 0.15) is 59.9 Å². The van der Waals surface area contributed by atoms with Crippen LogP contribution in [-0.2, 0) is 29.5 Å². The Morgan fingerprint density at radius 1 is 1.07 bits per heavy atom. The molecule has 1 atom stereocenters. The molecular weight excluding hydrogens is 393 g/mol. The second-order valence-corrected chi connectivity index (χ2v) is 10.7. The molecule has 1 fully saturated rings. The van der Waals surface area contributed by atoms with Crippen molar-refractivity contribution in [1.82, 2.24) is 4.90 Å². The summed E-state index contributed by atoms with van der Waals surface area (Å²) in [7, 11) is -3.81. The Labute approximate surface area is 174 Å². The van der Waals surface area contributed by atoms with E-state index in [2.05, 4.69) is 0 Å². The number of rotatable bonds is 7. The number of ether oxygens (including phenoxy) is 1. The zero-order valence-electron chi connectivity index (χ0n) is 18.3. The summed E-state index contributed by atoms with van der Waals surface area (Å²) in [6.07, 6.45) is 1.17. The van der Waals surface area contributed by atoms with Crippen LogP contribution in [0.2, 0.25) is 0 Å². The summed E-state index contributed by atoms with van der Waals surface area (Å²) in [5.41, 5.74) is -0.482. The molecule has 0 aromatic heterocycles. The normalized spacial score (nSPS) is 18.1. The largest absolute Gasteiger partial charge is 0.475 e. The summed E-state index contributed by atoms with van der Waals surface area (Å²) >= 11 is 0. The smallest absolute Gasteiger partial charge is 0.445 e. The molecule has 7 nitrogen and oxygen atoms in total. The Morgan fingerprint density at radius 3 is 2.21 bits per heavy atom. The summed E-state index contributed by atoms with van der Waals surface area (Å²) in [5.74, 6) is 0. The Hall–Kier alpha value is -1.40. The summed E-state index contributed by atoms with van der Waals surface area (Å²) in [6, 6.07) is 9.29. The summed E-state index contributed by atoms with van der Waals surface area (Å²) in [4.78, 5) is 14.2. The van der Waals surface area contributed by atoms with E-state index in [1.165, 1.54) is 0 Å². The number of carbonyl (C=O) groups excluding carboxylic acids is 1. The van der Waals surface area contributed by atoms with Gasteiger partial charge in [0.15, 0.2) is 0 Å². The van der Waals surface area contributed by atoms with Crippen molar-refractivity contribution in [3.05, 3.63) is 35.9 Å². The molecule has 1 aliphatic heterocycles. The lowest BCUT2D eigenvalue weighted by atomic mass is 10.2. The van der Waals surface area contributed by atoms with Crippen LogP contribution in [0.5, 0.6) is 0 Å². The van der Waals surface area contributed by atoms with E-state index in [4.69, 9.17) is 18.3 Å². The van der Waals surface area contributed by atoms with E-state index in [9.17, 15) is 9.36 Å². The van der Waals surface area contributed by atoms with Crippen LogP contribution in [0.25, 0.3) is 0 Å². The number of amides is 1. The van der Waals surface area contributed by atoms with Crippen molar-refractivity contribution >= 4 is 13.9 Å². The molecule has 2 rings (SSSR count). The maximum Gasteiger partial charge on any atom is 0.475 e. The molecule has 1 aromatic carbocycles. The highest BCUT2D eigenvalue weighted by Crippen LogP contribution is 2.55. The van der Waals surface area contributed by atoms with Gasteiger partial charge < -0.3 is 9.64 Å². The Bertz CT molecular complexity index is 690. The Kier molecular flexibility index (Phi) is 7.91. The van der Waals surface area contributed by atoms with E-state index in [0.29, 0.717) is 6.54 Å². The fourth-order valence-electron chi connectivity index (χ4n) is 2.97. The first-order valence-corrected chi connectivity index (χ1v) is 11.5. The highest BCUT2D eigenvalue weighted by atomic mass is 31.2. The van der Waals surface area contributed by atoms with Gasteiger partial charge in [-0.2, -0.15) is 0 Å². The standard InChI is InChI=1S/C21H34NO6P/c1-20(2,3)27-29(24,28-21(4,5)6)26-16-18-13-10-14-22(18)19(23)25-15-17-11-8-7-9-12-17/h7-9,11-12,18H,10,13-16H2,1-6H3/t18-/m0/s1. The topological polar surface area (TPSA) is 74.3 Å². The number of nitrogens with zero attached hydrogens (tertiary/aromatic N) is 1. The summed E-state index contributed by atoms with van der Waals surface area (Å²) < 4.78 is 35.6. The molecule has 8 heteroatoms. The SMILES string of the molecule is CC(C)(C)OP(=O)(OC[C@@H]1CCCN1C(=O)OCc1ccccc1)OC(C)(C)C. The van der Waals surface area contributed by atoms with Gasteiger partial charge in [0.2, 0.25) is 0 Å². The van der Waals surface area contributed by atoms with Crippen molar-refractivity contribution in [2.45, 2.75) is 78.2 Å². The molecule has 29 heavy (non-hydrogen) atoms. The van der Waals surface area contributed by atoms with Gasteiger partial charge in [-0.25, -0.2) is 9.36 Å². The first kappa shape index (κ1) is 23.9. The van der Waals surface area contributed by atoms with E-state index in [-0.39, 0.29) is 19.3 Å². The second kappa shape index (κ2) is 9.61. The van der Waals surface area contributed by atoms with E-state index in [1.807, 2.05) is 30.3 Å². The van der Waals surface area contributed by atoms with Crippen molar-refractivity contribution in [3.63, 3.8) is 0 Å². The van der Waals surface area contributed by atoms with Crippen LogP contribution in [0.15, 0.2) is 30.3 Å². The predicted octanol–water partition coefficient (Wildman–Crippen LogP) is 5.54. The molecule has 0 unspecified atom stereocenters. The van der Waals surface area contributed by atoms with Gasteiger partial charge in [-0.05, 0) is 59.9 Å².